The summed E-state index contributed by atoms with van der Waals surface area (Å²) in [5.74, 6) is 1.09. The number of hydrogen-bond acceptors (Lipinski definition) is 4. The van der Waals surface area contributed by atoms with Gasteiger partial charge in [-0.25, -0.2) is 0 Å². The van der Waals surface area contributed by atoms with Gasteiger partial charge in [0, 0.05) is 25.7 Å². The molecule has 1 N–H and O–H groups in total. The average molecular weight is 287 g/mol. The number of carbonyl (C=O) groups excluding carboxylic acids is 1. The normalized spacial score (nSPS) is 9.95. The molecule has 0 fully saturated rings. The summed E-state index contributed by atoms with van der Waals surface area (Å²) < 4.78 is 10.4. The van der Waals surface area contributed by atoms with Crippen molar-refractivity contribution in [3.8, 4) is 11.5 Å². The van der Waals surface area contributed by atoms with E-state index in [1.165, 1.54) is 7.11 Å². The van der Waals surface area contributed by atoms with Crippen LogP contribution >= 0.6 is 11.6 Å². The first-order chi connectivity index (χ1) is 9.03. The molecule has 19 heavy (non-hydrogen) atoms. The fraction of sp³-hybridized carbons (Fsp3) is 0.462. The minimum absolute atomic E-state index is 0.00142. The Kier molecular flexibility index (Phi) is 5.76. The average Bonchev–Trinajstić information content (AvgIpc) is 2.44. The second-order valence-corrected chi connectivity index (χ2v) is 4.36. The summed E-state index contributed by atoms with van der Waals surface area (Å²) in [5, 5.41) is 3.49. The van der Waals surface area contributed by atoms with Crippen LogP contribution in [0.5, 0.6) is 11.5 Å². The van der Waals surface area contributed by atoms with Crippen LogP contribution in [0.4, 0.5) is 5.69 Å². The van der Waals surface area contributed by atoms with Crippen LogP contribution in [0.25, 0.3) is 0 Å². The number of rotatable bonds is 6. The fourth-order valence-electron chi connectivity index (χ4n) is 1.48. The Bertz CT molecular complexity index is 452. The Labute approximate surface area is 118 Å². The van der Waals surface area contributed by atoms with Gasteiger partial charge in [0.15, 0.2) is 0 Å². The van der Waals surface area contributed by atoms with E-state index in [1.54, 1.807) is 31.2 Å². The monoisotopic (exact) mass is 286 g/mol. The number of methoxy groups -OCH3 is 2. The molecule has 1 aromatic rings. The summed E-state index contributed by atoms with van der Waals surface area (Å²) in [7, 11) is 4.83. The number of anilines is 1. The van der Waals surface area contributed by atoms with Gasteiger partial charge in [-0.1, -0.05) is 11.6 Å². The molecule has 0 radical (unpaired) electrons. The zero-order valence-electron chi connectivity index (χ0n) is 11.6. The van der Waals surface area contributed by atoms with Gasteiger partial charge in [-0.05, 0) is 6.92 Å². The van der Waals surface area contributed by atoms with Crippen molar-refractivity contribution in [2.75, 3.05) is 39.7 Å². The standard InChI is InChI=1S/C13H19ClN2O3/c1-5-16(2)13(17)8-15-10-7-11(18-3)9(14)6-12(10)19-4/h6-7,15H,5,8H2,1-4H3. The number of likely N-dealkylation sites (N-methyl/N-ethyl adjacent to an activating group) is 1. The predicted octanol–water partition coefficient (Wildman–Crippen LogP) is 2.25. The Morgan fingerprint density at radius 1 is 1.32 bits per heavy atom. The second kappa shape index (κ2) is 7.09. The second-order valence-electron chi connectivity index (χ2n) is 3.95. The summed E-state index contributed by atoms with van der Waals surface area (Å²) in [4.78, 5) is 13.4. The van der Waals surface area contributed by atoms with Gasteiger partial charge in [0.1, 0.15) is 11.5 Å². The van der Waals surface area contributed by atoms with Crippen LogP contribution in [-0.4, -0.2) is 45.2 Å². The van der Waals surface area contributed by atoms with Crippen molar-refractivity contribution in [3.63, 3.8) is 0 Å². The lowest BCUT2D eigenvalue weighted by Crippen LogP contribution is -2.31. The maximum atomic E-state index is 11.7. The molecule has 0 unspecified atom stereocenters. The lowest BCUT2D eigenvalue weighted by atomic mass is 10.2. The van der Waals surface area contributed by atoms with Gasteiger partial charge in [-0.15, -0.1) is 0 Å². The third-order valence-electron chi connectivity index (χ3n) is 2.80. The highest BCUT2D eigenvalue weighted by atomic mass is 35.5. The van der Waals surface area contributed by atoms with Gasteiger partial charge in [0.25, 0.3) is 0 Å². The molecule has 0 heterocycles. The number of benzene rings is 1. The number of carbonyl (C=O) groups is 1. The molecule has 0 bridgehead atoms. The van der Waals surface area contributed by atoms with Crippen molar-refractivity contribution in [1.29, 1.82) is 0 Å². The zero-order valence-corrected chi connectivity index (χ0v) is 12.4. The van der Waals surface area contributed by atoms with E-state index >= 15 is 0 Å². The maximum absolute atomic E-state index is 11.7. The fourth-order valence-corrected chi connectivity index (χ4v) is 1.71. The van der Waals surface area contributed by atoms with Crippen LogP contribution in [0.2, 0.25) is 5.02 Å². The van der Waals surface area contributed by atoms with Gasteiger partial charge in [0.2, 0.25) is 5.91 Å². The van der Waals surface area contributed by atoms with Gasteiger partial charge in [0.05, 0.1) is 31.5 Å². The van der Waals surface area contributed by atoms with Gasteiger partial charge < -0.3 is 19.7 Å². The van der Waals surface area contributed by atoms with E-state index in [0.29, 0.717) is 28.8 Å². The molecule has 0 aliphatic heterocycles. The molecule has 0 aromatic heterocycles. The molecule has 5 nitrogen and oxygen atoms in total. The molecule has 0 aliphatic rings. The van der Waals surface area contributed by atoms with E-state index in [1.807, 2.05) is 6.92 Å². The van der Waals surface area contributed by atoms with Crippen molar-refractivity contribution in [2.24, 2.45) is 0 Å². The molecule has 0 saturated carbocycles. The summed E-state index contributed by atoms with van der Waals surface area (Å²) in [5.41, 5.74) is 0.668. The first kappa shape index (κ1) is 15.4. The van der Waals surface area contributed by atoms with Crippen LogP contribution in [-0.2, 0) is 4.79 Å². The number of hydrogen-bond donors (Lipinski definition) is 1. The van der Waals surface area contributed by atoms with E-state index in [9.17, 15) is 4.79 Å². The van der Waals surface area contributed by atoms with Gasteiger partial charge in [-0.2, -0.15) is 0 Å². The van der Waals surface area contributed by atoms with Crippen molar-refractivity contribution in [1.82, 2.24) is 4.90 Å². The van der Waals surface area contributed by atoms with E-state index < -0.39 is 0 Å². The molecule has 1 aromatic carbocycles. The molecular formula is C13H19ClN2O3. The number of amides is 1. The largest absolute Gasteiger partial charge is 0.495 e. The highest BCUT2D eigenvalue weighted by Crippen LogP contribution is 2.35. The summed E-state index contributed by atoms with van der Waals surface area (Å²) >= 11 is 6.01. The van der Waals surface area contributed by atoms with Gasteiger partial charge >= 0.3 is 0 Å². The number of nitrogens with zero attached hydrogens (tertiary/aromatic N) is 1. The van der Waals surface area contributed by atoms with E-state index in [2.05, 4.69) is 5.32 Å². The highest BCUT2D eigenvalue weighted by molar-refractivity contribution is 6.32. The van der Waals surface area contributed by atoms with E-state index in [4.69, 9.17) is 21.1 Å². The first-order valence-electron chi connectivity index (χ1n) is 5.92. The Morgan fingerprint density at radius 2 is 1.95 bits per heavy atom. The van der Waals surface area contributed by atoms with Crippen LogP contribution in [0, 0.1) is 0 Å². The lowest BCUT2D eigenvalue weighted by molar-refractivity contribution is -0.127. The Hall–Kier alpha value is -1.62. The SMILES string of the molecule is CCN(C)C(=O)CNc1cc(OC)c(Cl)cc1OC. The van der Waals surface area contributed by atoms with E-state index in [-0.39, 0.29) is 12.5 Å². The predicted molar refractivity (Wildman–Crippen MR) is 76.4 cm³/mol. The zero-order chi connectivity index (χ0) is 14.4. The molecule has 106 valence electrons. The maximum Gasteiger partial charge on any atom is 0.241 e. The third-order valence-corrected chi connectivity index (χ3v) is 3.10. The van der Waals surface area contributed by atoms with E-state index in [0.717, 1.165) is 0 Å². The minimum atomic E-state index is -0.00142. The molecule has 0 spiro atoms. The number of halogens is 1. The van der Waals surface area contributed by atoms with Crippen LogP contribution in [0.3, 0.4) is 0 Å². The van der Waals surface area contributed by atoms with Crippen molar-refractivity contribution >= 4 is 23.2 Å². The summed E-state index contributed by atoms with van der Waals surface area (Å²) in [6.45, 7) is 2.77. The number of nitrogens with one attached hydrogen (secondary N) is 1. The minimum Gasteiger partial charge on any atom is -0.495 e. The molecule has 1 amide bonds. The highest BCUT2D eigenvalue weighted by Gasteiger charge is 2.12. The smallest absolute Gasteiger partial charge is 0.241 e. The number of ether oxygens (including phenoxy) is 2. The Morgan fingerprint density at radius 3 is 2.47 bits per heavy atom. The van der Waals surface area contributed by atoms with Crippen LogP contribution in [0.15, 0.2) is 12.1 Å². The topological polar surface area (TPSA) is 50.8 Å². The third kappa shape index (κ3) is 3.92. The first-order valence-corrected chi connectivity index (χ1v) is 6.30. The van der Waals surface area contributed by atoms with Crippen molar-refractivity contribution in [2.45, 2.75) is 6.92 Å². The quantitative estimate of drug-likeness (QED) is 0.871. The molecule has 1 rings (SSSR count). The molecular weight excluding hydrogens is 268 g/mol. The molecule has 6 heteroatoms. The molecule has 0 saturated heterocycles. The lowest BCUT2D eigenvalue weighted by Gasteiger charge is -2.17. The van der Waals surface area contributed by atoms with Crippen LogP contribution < -0.4 is 14.8 Å². The van der Waals surface area contributed by atoms with Crippen LogP contribution in [0.1, 0.15) is 6.92 Å². The molecule has 0 aliphatic carbocycles. The summed E-state index contributed by atoms with van der Waals surface area (Å²) in [6, 6.07) is 3.36. The van der Waals surface area contributed by atoms with Gasteiger partial charge in [-0.3, -0.25) is 4.79 Å². The molecule has 0 atom stereocenters. The van der Waals surface area contributed by atoms with Crippen molar-refractivity contribution in [3.05, 3.63) is 17.2 Å². The summed E-state index contributed by atoms with van der Waals surface area (Å²) in [6.07, 6.45) is 0. The van der Waals surface area contributed by atoms with Crippen molar-refractivity contribution < 1.29 is 14.3 Å². The Balaban J connectivity index is 2.85.